The zero-order valence-corrected chi connectivity index (χ0v) is 17.6. The number of benzene rings is 1. The summed E-state index contributed by atoms with van der Waals surface area (Å²) < 4.78 is 52.6. The van der Waals surface area contributed by atoms with Gasteiger partial charge in [-0.05, 0) is 40.1 Å². The van der Waals surface area contributed by atoms with E-state index in [-0.39, 0.29) is 29.8 Å². The Morgan fingerprint density at radius 3 is 2.84 bits per heavy atom. The highest BCUT2D eigenvalue weighted by molar-refractivity contribution is 7.91. The maximum atomic E-state index is 12.6. The third kappa shape index (κ3) is 3.20. The number of sulfonamides is 1. The van der Waals surface area contributed by atoms with E-state index in [1.165, 1.54) is 0 Å². The van der Waals surface area contributed by atoms with Crippen molar-refractivity contribution < 1.29 is 27.4 Å². The summed E-state index contributed by atoms with van der Waals surface area (Å²) in [5.74, 6) is 1.85. The molecule has 3 aliphatic rings. The van der Waals surface area contributed by atoms with Gasteiger partial charge in [0.15, 0.2) is 17.3 Å². The van der Waals surface area contributed by atoms with Crippen LogP contribution in [0, 0.1) is 0 Å². The Labute approximate surface area is 180 Å². The SMILES string of the molecule is O=S(=O)(N[C@@H]1CO[C@@H]2[C@@H]1OC[C@@H]2n1nnnc1-c1ccc2c(c1)OCO2)c1cccs1. The van der Waals surface area contributed by atoms with E-state index in [9.17, 15) is 8.42 Å². The molecule has 0 bridgehead atoms. The number of nitrogens with one attached hydrogen (secondary N) is 1. The first-order valence-corrected chi connectivity index (χ1v) is 11.9. The van der Waals surface area contributed by atoms with Gasteiger partial charge < -0.3 is 18.9 Å². The number of ether oxygens (including phenoxy) is 4. The summed E-state index contributed by atoms with van der Waals surface area (Å²) in [7, 11) is -3.63. The van der Waals surface area contributed by atoms with Crippen molar-refractivity contribution in [2.75, 3.05) is 20.0 Å². The van der Waals surface area contributed by atoms with Crippen LogP contribution >= 0.6 is 11.3 Å². The van der Waals surface area contributed by atoms with Gasteiger partial charge in [-0.1, -0.05) is 6.07 Å². The Kier molecular flexibility index (Phi) is 4.47. The Hall–Kier alpha value is -2.58. The van der Waals surface area contributed by atoms with Crippen molar-refractivity contribution in [2.45, 2.75) is 28.5 Å². The lowest BCUT2D eigenvalue weighted by Crippen LogP contribution is -2.43. The molecule has 2 saturated heterocycles. The minimum absolute atomic E-state index is 0.181. The van der Waals surface area contributed by atoms with E-state index < -0.39 is 22.2 Å². The molecule has 4 atom stereocenters. The van der Waals surface area contributed by atoms with Gasteiger partial charge in [0.1, 0.15) is 22.5 Å². The maximum absolute atomic E-state index is 12.6. The van der Waals surface area contributed by atoms with Crippen LogP contribution in [0.3, 0.4) is 0 Å². The van der Waals surface area contributed by atoms with Crippen molar-refractivity contribution >= 4 is 21.4 Å². The van der Waals surface area contributed by atoms with Crippen molar-refractivity contribution in [3.05, 3.63) is 35.7 Å². The van der Waals surface area contributed by atoms with Crippen molar-refractivity contribution in [3.8, 4) is 22.9 Å². The molecule has 0 spiro atoms. The molecule has 31 heavy (non-hydrogen) atoms. The van der Waals surface area contributed by atoms with E-state index in [0.29, 0.717) is 23.9 Å². The summed E-state index contributed by atoms with van der Waals surface area (Å²) in [6.07, 6.45) is -0.819. The molecular formula is C18H17N5O6S2. The molecule has 11 nitrogen and oxygen atoms in total. The highest BCUT2D eigenvalue weighted by Crippen LogP contribution is 2.39. The van der Waals surface area contributed by atoms with E-state index in [1.807, 2.05) is 18.2 Å². The van der Waals surface area contributed by atoms with E-state index >= 15 is 0 Å². The average Bonchev–Trinajstić information content (AvgIpc) is 3.57. The van der Waals surface area contributed by atoms with Crippen LogP contribution in [-0.2, 0) is 19.5 Å². The van der Waals surface area contributed by atoms with Gasteiger partial charge in [-0.15, -0.1) is 16.4 Å². The summed E-state index contributed by atoms with van der Waals surface area (Å²) in [5, 5.41) is 13.9. The van der Waals surface area contributed by atoms with Crippen LogP contribution in [0.15, 0.2) is 39.9 Å². The fraction of sp³-hybridized carbons (Fsp3) is 0.389. The van der Waals surface area contributed by atoms with Crippen molar-refractivity contribution in [3.63, 3.8) is 0 Å². The molecule has 1 N–H and O–H groups in total. The quantitative estimate of drug-likeness (QED) is 0.585. The number of hydrogen-bond acceptors (Lipinski definition) is 10. The van der Waals surface area contributed by atoms with Crippen LogP contribution in [0.1, 0.15) is 6.04 Å². The lowest BCUT2D eigenvalue weighted by molar-refractivity contribution is 0.0626. The molecule has 0 saturated carbocycles. The minimum atomic E-state index is -3.63. The molecule has 0 radical (unpaired) electrons. The van der Waals surface area contributed by atoms with E-state index in [1.54, 1.807) is 22.2 Å². The summed E-state index contributed by atoms with van der Waals surface area (Å²) in [4.78, 5) is 0. The molecule has 0 aliphatic carbocycles. The number of hydrogen-bond donors (Lipinski definition) is 1. The van der Waals surface area contributed by atoms with E-state index in [4.69, 9.17) is 18.9 Å². The Bertz CT molecular complexity index is 1210. The number of nitrogens with zero attached hydrogens (tertiary/aromatic N) is 4. The first-order valence-electron chi connectivity index (χ1n) is 9.57. The smallest absolute Gasteiger partial charge is 0.250 e. The van der Waals surface area contributed by atoms with E-state index in [0.717, 1.165) is 16.9 Å². The number of thiophene rings is 1. The second-order valence-corrected chi connectivity index (χ2v) is 10.2. The second-order valence-electron chi connectivity index (χ2n) is 7.34. The average molecular weight is 463 g/mol. The normalized spacial score (nSPS) is 27.0. The molecule has 162 valence electrons. The third-order valence-electron chi connectivity index (χ3n) is 5.53. The fourth-order valence-electron chi connectivity index (χ4n) is 4.11. The summed E-state index contributed by atoms with van der Waals surface area (Å²) >= 11 is 1.16. The predicted molar refractivity (Wildman–Crippen MR) is 106 cm³/mol. The zero-order chi connectivity index (χ0) is 21.0. The molecule has 6 rings (SSSR count). The molecule has 1 aromatic carbocycles. The molecule has 2 fully saturated rings. The van der Waals surface area contributed by atoms with Crippen LogP contribution in [0.5, 0.6) is 11.5 Å². The van der Waals surface area contributed by atoms with Crippen LogP contribution in [0.2, 0.25) is 0 Å². The van der Waals surface area contributed by atoms with Crippen molar-refractivity contribution in [1.82, 2.24) is 24.9 Å². The summed E-state index contributed by atoms with van der Waals surface area (Å²) in [6.45, 7) is 0.688. The van der Waals surface area contributed by atoms with Crippen LogP contribution < -0.4 is 14.2 Å². The van der Waals surface area contributed by atoms with Gasteiger partial charge in [-0.25, -0.2) is 17.8 Å². The Balaban J connectivity index is 1.24. The third-order valence-corrected chi connectivity index (χ3v) is 8.42. The van der Waals surface area contributed by atoms with Gasteiger partial charge in [-0.3, -0.25) is 0 Å². The summed E-state index contributed by atoms with van der Waals surface area (Å²) in [6, 6.07) is 7.97. The summed E-state index contributed by atoms with van der Waals surface area (Å²) in [5.41, 5.74) is 0.769. The minimum Gasteiger partial charge on any atom is -0.454 e. The predicted octanol–water partition coefficient (Wildman–Crippen LogP) is 0.816. The lowest BCUT2D eigenvalue weighted by Gasteiger charge is -2.18. The molecule has 3 aromatic rings. The Morgan fingerprint density at radius 2 is 1.97 bits per heavy atom. The van der Waals surface area contributed by atoms with Gasteiger partial charge in [-0.2, -0.15) is 0 Å². The highest BCUT2D eigenvalue weighted by Gasteiger charge is 2.50. The topological polar surface area (TPSA) is 127 Å². The Morgan fingerprint density at radius 1 is 1.10 bits per heavy atom. The highest BCUT2D eigenvalue weighted by atomic mass is 32.2. The van der Waals surface area contributed by atoms with Gasteiger partial charge in [0.25, 0.3) is 0 Å². The molecule has 0 amide bonds. The van der Waals surface area contributed by atoms with Crippen LogP contribution in [0.25, 0.3) is 11.4 Å². The maximum Gasteiger partial charge on any atom is 0.250 e. The van der Waals surface area contributed by atoms with E-state index in [2.05, 4.69) is 20.2 Å². The van der Waals surface area contributed by atoms with Gasteiger partial charge >= 0.3 is 0 Å². The second kappa shape index (κ2) is 7.24. The largest absolute Gasteiger partial charge is 0.454 e. The molecule has 3 aliphatic heterocycles. The fourth-order valence-corrected chi connectivity index (χ4v) is 6.35. The van der Waals surface area contributed by atoms with Crippen molar-refractivity contribution in [1.29, 1.82) is 0 Å². The first kappa shape index (κ1) is 19.1. The first-order chi connectivity index (χ1) is 15.1. The molecule has 0 unspecified atom stereocenters. The number of tetrazole rings is 1. The van der Waals surface area contributed by atoms with Crippen LogP contribution in [-0.4, -0.2) is 66.9 Å². The van der Waals surface area contributed by atoms with Gasteiger partial charge in [0.2, 0.25) is 16.8 Å². The monoisotopic (exact) mass is 463 g/mol. The van der Waals surface area contributed by atoms with Gasteiger partial charge in [0.05, 0.1) is 19.3 Å². The number of aromatic nitrogens is 4. The molecule has 5 heterocycles. The van der Waals surface area contributed by atoms with Gasteiger partial charge in [0, 0.05) is 5.56 Å². The van der Waals surface area contributed by atoms with Crippen molar-refractivity contribution in [2.24, 2.45) is 0 Å². The standard InChI is InChI=1S/C18H17N5O6S2/c24-31(25,15-2-1-5-30-15)20-11-7-26-17-12(8-27-16(11)17)23-18(19-21-22-23)10-3-4-13-14(6-10)29-9-28-13/h1-6,11-12,16-17,20H,7-9H2/t11-,12+,16-,17+/m1/s1. The molecule has 2 aromatic heterocycles. The lowest BCUT2D eigenvalue weighted by atomic mass is 10.1. The number of fused-ring (bicyclic) bond motifs is 2. The molecular weight excluding hydrogens is 446 g/mol. The van der Waals surface area contributed by atoms with Crippen LogP contribution in [0.4, 0.5) is 0 Å². The zero-order valence-electron chi connectivity index (χ0n) is 15.9. The number of rotatable bonds is 5. The molecule has 13 heteroatoms.